The first-order valence-electron chi connectivity index (χ1n) is 7.92. The molecule has 2 N–H and O–H groups in total. The van der Waals surface area contributed by atoms with E-state index in [9.17, 15) is 4.79 Å². The van der Waals surface area contributed by atoms with Gasteiger partial charge in [-0.15, -0.1) is 0 Å². The Labute approximate surface area is 140 Å². The molecular weight excluding hydrogens is 302 g/mol. The van der Waals surface area contributed by atoms with Crippen LogP contribution in [-0.2, 0) is 11.4 Å². The second kappa shape index (κ2) is 5.89. The molecule has 0 spiro atoms. The number of hydrogen-bond acceptors (Lipinski definition) is 3. The molecule has 24 heavy (non-hydrogen) atoms. The number of aliphatic carboxylic acids is 1. The van der Waals surface area contributed by atoms with Crippen LogP contribution >= 0.6 is 0 Å². The average molecular weight is 319 g/mol. The van der Waals surface area contributed by atoms with E-state index >= 15 is 0 Å². The average Bonchev–Trinajstić information content (AvgIpc) is 3.13. The highest BCUT2D eigenvalue weighted by Gasteiger charge is 2.33. The quantitative estimate of drug-likeness (QED) is 0.840. The van der Waals surface area contributed by atoms with E-state index in [0.717, 1.165) is 33.7 Å². The van der Waals surface area contributed by atoms with E-state index in [1.807, 2.05) is 48.5 Å². The molecule has 0 bridgehead atoms. The fourth-order valence-corrected chi connectivity index (χ4v) is 3.27. The standard InChI is InChI=1S/C20H17NO3/c22-19(23)10-14-6-8-16-17-11-15(7-9-18(17)21-20(14)16)24-12-13-4-2-1-3-5-13/h1-5,7-11,20-21H,6,12H2,(H,22,23). The van der Waals surface area contributed by atoms with Crippen LogP contribution in [0.1, 0.15) is 17.5 Å². The predicted octanol–water partition coefficient (Wildman–Crippen LogP) is 3.86. The van der Waals surface area contributed by atoms with Crippen LogP contribution in [0.3, 0.4) is 0 Å². The summed E-state index contributed by atoms with van der Waals surface area (Å²) in [5.74, 6) is -0.0825. The maximum Gasteiger partial charge on any atom is 0.328 e. The van der Waals surface area contributed by atoms with Gasteiger partial charge in [-0.2, -0.15) is 0 Å². The largest absolute Gasteiger partial charge is 0.489 e. The number of nitrogens with one attached hydrogen (secondary N) is 1. The molecule has 0 fully saturated rings. The molecule has 0 aromatic heterocycles. The van der Waals surface area contributed by atoms with Gasteiger partial charge < -0.3 is 15.2 Å². The van der Waals surface area contributed by atoms with Gasteiger partial charge in [-0.05, 0) is 41.3 Å². The van der Waals surface area contributed by atoms with E-state index in [1.54, 1.807) is 0 Å². The van der Waals surface area contributed by atoms with Gasteiger partial charge in [0.15, 0.2) is 0 Å². The summed E-state index contributed by atoms with van der Waals surface area (Å²) < 4.78 is 5.89. The molecule has 4 nitrogen and oxygen atoms in total. The van der Waals surface area contributed by atoms with Crippen molar-refractivity contribution in [2.45, 2.75) is 19.1 Å². The zero-order valence-corrected chi connectivity index (χ0v) is 13.0. The second-order valence-electron chi connectivity index (χ2n) is 5.98. The van der Waals surface area contributed by atoms with Crippen molar-refractivity contribution in [3.05, 3.63) is 77.4 Å². The van der Waals surface area contributed by atoms with E-state index < -0.39 is 5.97 Å². The number of ether oxygens (including phenoxy) is 1. The molecule has 1 unspecified atom stereocenters. The fourth-order valence-electron chi connectivity index (χ4n) is 3.27. The minimum absolute atomic E-state index is 0.0273. The highest BCUT2D eigenvalue weighted by atomic mass is 16.5. The van der Waals surface area contributed by atoms with Crippen molar-refractivity contribution >= 4 is 17.2 Å². The highest BCUT2D eigenvalue weighted by Crippen LogP contribution is 2.44. The third-order valence-electron chi connectivity index (χ3n) is 4.40. The summed E-state index contributed by atoms with van der Waals surface area (Å²) in [5, 5.41) is 12.4. The van der Waals surface area contributed by atoms with Crippen molar-refractivity contribution < 1.29 is 14.6 Å². The summed E-state index contributed by atoms with van der Waals surface area (Å²) in [5.41, 5.74) is 5.28. The molecule has 0 radical (unpaired) electrons. The number of carboxylic acids is 1. The molecule has 4 rings (SSSR count). The van der Waals surface area contributed by atoms with Gasteiger partial charge in [-0.1, -0.05) is 36.4 Å². The number of fused-ring (bicyclic) bond motifs is 3. The molecule has 4 heteroatoms. The van der Waals surface area contributed by atoms with Crippen molar-refractivity contribution in [1.29, 1.82) is 0 Å². The number of anilines is 1. The molecular formula is C20H17NO3. The van der Waals surface area contributed by atoms with Crippen LogP contribution in [0.5, 0.6) is 5.75 Å². The van der Waals surface area contributed by atoms with Crippen molar-refractivity contribution in [3.8, 4) is 5.75 Å². The molecule has 1 heterocycles. The first-order valence-corrected chi connectivity index (χ1v) is 7.92. The Morgan fingerprint density at radius 1 is 1.25 bits per heavy atom. The van der Waals surface area contributed by atoms with Crippen molar-refractivity contribution in [2.24, 2.45) is 0 Å². The van der Waals surface area contributed by atoms with Crippen molar-refractivity contribution in [1.82, 2.24) is 0 Å². The first-order chi connectivity index (χ1) is 11.7. The number of carbonyl (C=O) groups is 1. The second-order valence-corrected chi connectivity index (χ2v) is 5.98. The minimum atomic E-state index is -0.899. The van der Waals surface area contributed by atoms with E-state index in [4.69, 9.17) is 9.84 Å². The number of hydrogen-bond donors (Lipinski definition) is 2. The molecule has 0 amide bonds. The van der Waals surface area contributed by atoms with Gasteiger partial charge in [0.25, 0.3) is 0 Å². The first kappa shape index (κ1) is 14.6. The molecule has 2 aliphatic rings. The maximum atomic E-state index is 10.9. The van der Waals surface area contributed by atoms with Gasteiger partial charge in [-0.25, -0.2) is 4.79 Å². The lowest BCUT2D eigenvalue weighted by Gasteiger charge is -2.10. The normalized spacial score (nSPS) is 19.4. The zero-order valence-electron chi connectivity index (χ0n) is 13.0. The van der Waals surface area contributed by atoms with E-state index in [-0.39, 0.29) is 6.04 Å². The summed E-state index contributed by atoms with van der Waals surface area (Å²) in [6.45, 7) is 0.527. The molecule has 1 aliphatic carbocycles. The molecule has 0 saturated heterocycles. The monoisotopic (exact) mass is 319 g/mol. The van der Waals surface area contributed by atoms with Crippen LogP contribution in [-0.4, -0.2) is 17.1 Å². The SMILES string of the molecule is O=C(O)C=C1CC=C2c3cc(OCc4ccccc4)ccc3NC12. The Balaban J connectivity index is 1.54. The molecule has 120 valence electrons. The Morgan fingerprint density at radius 2 is 2.08 bits per heavy atom. The number of carboxylic acid groups (broad SMARTS) is 1. The lowest BCUT2D eigenvalue weighted by molar-refractivity contribution is -0.131. The van der Waals surface area contributed by atoms with Crippen LogP contribution in [0.25, 0.3) is 5.57 Å². The number of allylic oxidation sites excluding steroid dienone is 1. The van der Waals surface area contributed by atoms with Gasteiger partial charge in [0.05, 0.1) is 6.04 Å². The Morgan fingerprint density at radius 3 is 2.88 bits per heavy atom. The summed E-state index contributed by atoms with van der Waals surface area (Å²) in [4.78, 5) is 10.9. The fraction of sp³-hybridized carbons (Fsp3) is 0.150. The molecule has 2 aromatic carbocycles. The summed E-state index contributed by atoms with van der Waals surface area (Å²) >= 11 is 0. The number of benzene rings is 2. The Hall–Kier alpha value is -3.01. The van der Waals surface area contributed by atoms with Gasteiger partial charge in [0, 0.05) is 17.3 Å². The van der Waals surface area contributed by atoms with Gasteiger partial charge in [0.1, 0.15) is 12.4 Å². The third kappa shape index (κ3) is 2.67. The van der Waals surface area contributed by atoms with Crippen molar-refractivity contribution in [3.63, 3.8) is 0 Å². The zero-order chi connectivity index (χ0) is 16.5. The summed E-state index contributed by atoms with van der Waals surface area (Å²) in [7, 11) is 0. The minimum Gasteiger partial charge on any atom is -0.489 e. The van der Waals surface area contributed by atoms with E-state index in [1.165, 1.54) is 6.08 Å². The molecule has 2 aromatic rings. The molecule has 1 atom stereocenters. The lowest BCUT2D eigenvalue weighted by atomic mass is 10.0. The van der Waals surface area contributed by atoms with Crippen LogP contribution in [0.15, 0.2) is 66.3 Å². The van der Waals surface area contributed by atoms with Crippen LogP contribution in [0.4, 0.5) is 5.69 Å². The van der Waals surface area contributed by atoms with E-state index in [2.05, 4.69) is 11.4 Å². The van der Waals surface area contributed by atoms with E-state index in [0.29, 0.717) is 13.0 Å². The topological polar surface area (TPSA) is 58.6 Å². The van der Waals surface area contributed by atoms with Crippen molar-refractivity contribution in [2.75, 3.05) is 5.32 Å². The Kier molecular flexibility index (Phi) is 3.58. The van der Waals surface area contributed by atoms with Gasteiger partial charge in [-0.3, -0.25) is 0 Å². The summed E-state index contributed by atoms with van der Waals surface area (Å²) in [6.07, 6.45) is 4.08. The van der Waals surface area contributed by atoms with Crippen LogP contribution < -0.4 is 10.1 Å². The lowest BCUT2D eigenvalue weighted by Crippen LogP contribution is -2.14. The highest BCUT2D eigenvalue weighted by molar-refractivity contribution is 5.93. The van der Waals surface area contributed by atoms with Gasteiger partial charge >= 0.3 is 5.97 Å². The van der Waals surface area contributed by atoms with Crippen LogP contribution in [0.2, 0.25) is 0 Å². The molecule has 1 aliphatic heterocycles. The van der Waals surface area contributed by atoms with Crippen LogP contribution in [0, 0.1) is 0 Å². The number of rotatable bonds is 4. The smallest absolute Gasteiger partial charge is 0.328 e. The maximum absolute atomic E-state index is 10.9. The Bertz CT molecular complexity index is 852. The third-order valence-corrected chi connectivity index (χ3v) is 4.40. The summed E-state index contributed by atoms with van der Waals surface area (Å²) in [6, 6.07) is 16.0. The molecule has 0 saturated carbocycles. The van der Waals surface area contributed by atoms with Gasteiger partial charge in [0.2, 0.25) is 0 Å². The predicted molar refractivity (Wildman–Crippen MR) is 92.9 cm³/mol.